The number of carboxylic acids is 1. The molecule has 2 aromatic carbocycles. The number of carboxylic acid groups (broad SMARTS) is 1. The first-order chi connectivity index (χ1) is 19.0. The van der Waals surface area contributed by atoms with Gasteiger partial charge in [-0.15, -0.1) is 0 Å². The molecule has 0 unspecified atom stereocenters. The summed E-state index contributed by atoms with van der Waals surface area (Å²) in [5.41, 5.74) is -0.772. The van der Waals surface area contributed by atoms with Gasteiger partial charge in [-0.25, -0.2) is 18.4 Å². The third-order valence-electron chi connectivity index (χ3n) is 6.81. The third-order valence-corrected chi connectivity index (χ3v) is 6.81. The van der Waals surface area contributed by atoms with Crippen molar-refractivity contribution in [2.45, 2.75) is 32.9 Å². The zero-order valence-corrected chi connectivity index (χ0v) is 21.7. The van der Waals surface area contributed by atoms with E-state index in [0.29, 0.717) is 11.0 Å². The number of rotatable bonds is 3. The molecule has 0 radical (unpaired) electrons. The Morgan fingerprint density at radius 1 is 0.875 bits per heavy atom. The second-order valence-corrected chi connectivity index (χ2v) is 9.45. The molecule has 2 atom stereocenters. The fraction of sp³-hybridized carbons (Fsp3) is 0.286. The molecule has 0 saturated carbocycles. The number of esters is 1. The van der Waals surface area contributed by atoms with Crippen molar-refractivity contribution in [2.75, 3.05) is 19.8 Å². The summed E-state index contributed by atoms with van der Waals surface area (Å²) in [5.74, 6) is -2.98. The lowest BCUT2D eigenvalue weighted by atomic mass is 10.1. The van der Waals surface area contributed by atoms with Gasteiger partial charge >= 0.3 is 11.9 Å². The molecule has 0 aliphatic carbocycles. The number of aromatic nitrogens is 2. The molecule has 0 fully saturated rings. The van der Waals surface area contributed by atoms with Gasteiger partial charge in [-0.2, -0.15) is 0 Å². The van der Waals surface area contributed by atoms with Crippen molar-refractivity contribution in [3.8, 4) is 11.5 Å². The Morgan fingerprint density at radius 2 is 1.32 bits per heavy atom. The quantitative estimate of drug-likeness (QED) is 0.376. The number of halogens is 2. The van der Waals surface area contributed by atoms with Crippen molar-refractivity contribution < 1.29 is 37.7 Å². The van der Waals surface area contributed by atoms with E-state index in [9.17, 15) is 28.0 Å². The van der Waals surface area contributed by atoms with Crippen LogP contribution in [-0.4, -0.2) is 46.0 Å². The van der Waals surface area contributed by atoms with E-state index in [-0.39, 0.29) is 65.3 Å². The van der Waals surface area contributed by atoms with E-state index in [1.54, 1.807) is 16.1 Å². The molecule has 0 saturated heterocycles. The normalized spacial score (nSPS) is 16.9. The van der Waals surface area contributed by atoms with Gasteiger partial charge in [0.25, 0.3) is 0 Å². The molecule has 1 N–H and O–H groups in total. The zero-order valence-electron chi connectivity index (χ0n) is 21.7. The van der Waals surface area contributed by atoms with Crippen LogP contribution in [0.15, 0.2) is 46.2 Å². The maximum Gasteiger partial charge on any atom is 0.343 e. The van der Waals surface area contributed by atoms with E-state index >= 15 is 0 Å². The molecule has 10 nitrogen and oxygen atoms in total. The Kier molecular flexibility index (Phi) is 6.78. The number of hydrogen-bond donors (Lipinski definition) is 1. The van der Waals surface area contributed by atoms with Crippen LogP contribution >= 0.6 is 0 Å². The summed E-state index contributed by atoms with van der Waals surface area (Å²) in [6.45, 7) is 6.03. The summed E-state index contributed by atoms with van der Waals surface area (Å²) < 4.78 is 46.4. The Bertz CT molecular complexity index is 1830. The highest BCUT2D eigenvalue weighted by Gasteiger charge is 2.27. The van der Waals surface area contributed by atoms with E-state index in [4.69, 9.17) is 19.3 Å². The van der Waals surface area contributed by atoms with Gasteiger partial charge < -0.3 is 28.5 Å². The number of pyridine rings is 2. The fourth-order valence-corrected chi connectivity index (χ4v) is 4.83. The lowest BCUT2D eigenvalue weighted by molar-refractivity contribution is 0.0523. The lowest BCUT2D eigenvalue weighted by Gasteiger charge is -2.27. The molecule has 2 aliphatic heterocycles. The SMILES string of the molecule is CCOC(=O)c1cn2c3c(c(F)ccc3c1=O)OC[C@@H]2C.C[C@H]1COc2c(F)ccc3c(=O)c(C(=O)O)cn1c23. The van der Waals surface area contributed by atoms with E-state index in [1.165, 1.54) is 30.6 Å². The van der Waals surface area contributed by atoms with Gasteiger partial charge in [-0.05, 0) is 45.0 Å². The number of nitrogens with zero attached hydrogens (tertiary/aromatic N) is 2. The molecule has 6 rings (SSSR count). The van der Waals surface area contributed by atoms with Crippen LogP contribution in [0.25, 0.3) is 21.8 Å². The van der Waals surface area contributed by atoms with Gasteiger partial charge in [0.2, 0.25) is 10.9 Å². The lowest BCUT2D eigenvalue weighted by Crippen LogP contribution is -2.27. The molecule has 4 aromatic rings. The zero-order chi connectivity index (χ0) is 28.9. The summed E-state index contributed by atoms with van der Waals surface area (Å²) in [6.07, 6.45) is 2.68. The summed E-state index contributed by atoms with van der Waals surface area (Å²) >= 11 is 0. The van der Waals surface area contributed by atoms with Crippen LogP contribution in [0.1, 0.15) is 53.6 Å². The van der Waals surface area contributed by atoms with Gasteiger partial charge in [-0.3, -0.25) is 9.59 Å². The largest absolute Gasteiger partial charge is 0.486 e. The van der Waals surface area contributed by atoms with Gasteiger partial charge in [-0.1, -0.05) is 0 Å². The van der Waals surface area contributed by atoms with Gasteiger partial charge in [0, 0.05) is 12.4 Å². The van der Waals surface area contributed by atoms with Crippen LogP contribution in [0.4, 0.5) is 8.78 Å². The maximum atomic E-state index is 13.8. The first-order valence-corrected chi connectivity index (χ1v) is 12.5. The van der Waals surface area contributed by atoms with E-state index in [2.05, 4.69) is 0 Å². The molecule has 12 heteroatoms. The predicted molar refractivity (Wildman–Crippen MR) is 140 cm³/mol. The van der Waals surface area contributed by atoms with E-state index in [0.717, 1.165) is 6.07 Å². The fourth-order valence-electron chi connectivity index (χ4n) is 4.83. The van der Waals surface area contributed by atoms with Crippen LogP contribution in [0, 0.1) is 11.6 Å². The number of aromatic carboxylic acids is 1. The van der Waals surface area contributed by atoms with E-state index < -0.39 is 34.4 Å². The molecular weight excluding hydrogens is 530 g/mol. The number of carbonyl (C=O) groups excluding carboxylic acids is 1. The molecule has 0 amide bonds. The smallest absolute Gasteiger partial charge is 0.343 e. The average molecular weight is 555 g/mol. The minimum absolute atomic E-state index is 0.00430. The molecule has 4 heterocycles. The molecule has 208 valence electrons. The molecule has 0 spiro atoms. The molecule has 2 aromatic heterocycles. The number of hydrogen-bond acceptors (Lipinski definition) is 7. The summed E-state index contributed by atoms with van der Waals surface area (Å²) in [5, 5.41) is 9.46. The Labute approximate surface area is 224 Å². The van der Waals surface area contributed by atoms with Crippen molar-refractivity contribution in [3.63, 3.8) is 0 Å². The van der Waals surface area contributed by atoms with Gasteiger partial charge in [0.05, 0.1) is 40.5 Å². The average Bonchev–Trinajstić information content (AvgIpc) is 2.92. The standard InChI is InChI=1S/C15H14FNO4.C13H10FNO4/c1-3-20-15(19)10-6-17-8(2)7-21-14-11(16)5-4-9(12(14)17)13(10)18;1-6-5-19-12-9(14)3-2-7-10(12)15(6)4-8(11(7)16)13(17)18/h4-6,8H,3,7H2,1-2H3;2-4,6H,5H2,1H3,(H,17,18)/t8-;6-/m00/s1. The first-order valence-electron chi connectivity index (χ1n) is 12.5. The first kappa shape index (κ1) is 26.9. The highest BCUT2D eigenvalue weighted by Crippen LogP contribution is 2.35. The Balaban J connectivity index is 0.000000162. The molecule has 2 aliphatic rings. The van der Waals surface area contributed by atoms with Crippen molar-refractivity contribution in [1.82, 2.24) is 9.13 Å². The van der Waals surface area contributed by atoms with Gasteiger partial charge in [0.1, 0.15) is 24.3 Å². The monoisotopic (exact) mass is 554 g/mol. The molecular formula is C28H24F2N2O8. The van der Waals surface area contributed by atoms with Crippen molar-refractivity contribution >= 4 is 33.7 Å². The highest BCUT2D eigenvalue weighted by molar-refractivity contribution is 5.96. The van der Waals surface area contributed by atoms with E-state index in [1.807, 2.05) is 13.8 Å². The Morgan fingerprint density at radius 3 is 1.77 bits per heavy atom. The summed E-state index contributed by atoms with van der Waals surface area (Å²) in [4.78, 5) is 47.5. The van der Waals surface area contributed by atoms with Crippen LogP contribution in [0.3, 0.4) is 0 Å². The number of carbonyl (C=O) groups is 2. The van der Waals surface area contributed by atoms with Crippen molar-refractivity contribution in [2.24, 2.45) is 0 Å². The van der Waals surface area contributed by atoms with Crippen LogP contribution in [-0.2, 0) is 4.74 Å². The van der Waals surface area contributed by atoms with Crippen LogP contribution in [0.2, 0.25) is 0 Å². The minimum atomic E-state index is -1.29. The summed E-state index contributed by atoms with van der Waals surface area (Å²) in [7, 11) is 0. The minimum Gasteiger partial charge on any atom is -0.486 e. The summed E-state index contributed by atoms with van der Waals surface area (Å²) in [6, 6.07) is 4.67. The second kappa shape index (κ2) is 10.1. The van der Waals surface area contributed by atoms with Crippen molar-refractivity contribution in [3.05, 3.63) is 79.9 Å². The number of ether oxygens (including phenoxy) is 3. The third kappa shape index (κ3) is 4.25. The number of benzene rings is 2. The van der Waals surface area contributed by atoms with Crippen LogP contribution < -0.4 is 20.3 Å². The van der Waals surface area contributed by atoms with Crippen molar-refractivity contribution in [1.29, 1.82) is 0 Å². The van der Waals surface area contributed by atoms with Gasteiger partial charge in [0.15, 0.2) is 23.1 Å². The Hall–Kier alpha value is -4.74. The topological polar surface area (TPSA) is 126 Å². The highest BCUT2D eigenvalue weighted by atomic mass is 19.1. The second-order valence-electron chi connectivity index (χ2n) is 9.45. The molecule has 40 heavy (non-hydrogen) atoms. The predicted octanol–water partition coefficient (Wildman–Crippen LogP) is 4.06. The van der Waals surface area contributed by atoms with Crippen LogP contribution in [0.5, 0.6) is 11.5 Å². The molecule has 0 bridgehead atoms. The maximum absolute atomic E-state index is 13.8.